The Kier molecular flexibility index (Phi) is 8.19. The summed E-state index contributed by atoms with van der Waals surface area (Å²) >= 11 is 0. The number of ether oxygens (including phenoxy) is 1. The van der Waals surface area contributed by atoms with Crippen molar-refractivity contribution in [3.05, 3.63) is 59.7 Å². The molecule has 0 unspecified atom stereocenters. The van der Waals surface area contributed by atoms with Crippen LogP contribution in [0.25, 0.3) is 0 Å². The van der Waals surface area contributed by atoms with Gasteiger partial charge in [0.25, 0.3) is 5.91 Å². The van der Waals surface area contributed by atoms with E-state index in [1.165, 1.54) is 28.6 Å². The number of sulfonamides is 1. The molecular formula is C21H28N2O5S. The summed E-state index contributed by atoms with van der Waals surface area (Å²) < 4.78 is 32.1. The molecule has 0 aliphatic carbocycles. The van der Waals surface area contributed by atoms with Crippen LogP contribution in [-0.4, -0.2) is 56.1 Å². The van der Waals surface area contributed by atoms with Crippen LogP contribution in [0.4, 0.5) is 0 Å². The summed E-state index contributed by atoms with van der Waals surface area (Å²) in [5.41, 5.74) is 1.26. The fourth-order valence-electron chi connectivity index (χ4n) is 2.78. The van der Waals surface area contributed by atoms with Gasteiger partial charge in [0.05, 0.1) is 4.90 Å². The number of aliphatic hydroxyl groups is 1. The summed E-state index contributed by atoms with van der Waals surface area (Å²) in [4.78, 5) is 12.5. The summed E-state index contributed by atoms with van der Waals surface area (Å²) in [7, 11) is -3.65. The van der Waals surface area contributed by atoms with Crippen LogP contribution in [0, 0.1) is 6.92 Å². The maximum atomic E-state index is 12.6. The predicted molar refractivity (Wildman–Crippen MR) is 112 cm³/mol. The minimum Gasteiger partial charge on any atom is -0.491 e. The highest BCUT2D eigenvalue weighted by atomic mass is 32.2. The molecule has 0 saturated carbocycles. The number of benzene rings is 2. The number of amides is 1. The first kappa shape index (κ1) is 22.9. The topological polar surface area (TPSA) is 95.9 Å². The maximum Gasteiger partial charge on any atom is 0.251 e. The second kappa shape index (κ2) is 10.4. The molecule has 0 aliphatic heterocycles. The third kappa shape index (κ3) is 6.28. The van der Waals surface area contributed by atoms with E-state index in [-0.39, 0.29) is 23.6 Å². The number of rotatable bonds is 10. The first-order chi connectivity index (χ1) is 13.8. The van der Waals surface area contributed by atoms with Gasteiger partial charge in [0.1, 0.15) is 18.5 Å². The smallest absolute Gasteiger partial charge is 0.251 e. The SMILES string of the molecule is CCN(CC)S(=O)(=O)c1cccc(C(=O)NC[C@H](O)COc2cccc(C)c2)c1. The Bertz CT molecular complexity index is 926. The second-order valence-electron chi connectivity index (χ2n) is 6.61. The van der Waals surface area contributed by atoms with Gasteiger partial charge in [-0.05, 0) is 42.8 Å². The van der Waals surface area contributed by atoms with E-state index in [1.807, 2.05) is 25.1 Å². The van der Waals surface area contributed by atoms with Crippen LogP contribution in [0.5, 0.6) is 5.75 Å². The molecule has 0 fully saturated rings. The quantitative estimate of drug-likeness (QED) is 0.614. The highest BCUT2D eigenvalue weighted by Crippen LogP contribution is 2.17. The Morgan fingerprint density at radius 3 is 2.48 bits per heavy atom. The van der Waals surface area contributed by atoms with Crippen LogP contribution in [0.15, 0.2) is 53.4 Å². The van der Waals surface area contributed by atoms with Crippen LogP contribution < -0.4 is 10.1 Å². The highest BCUT2D eigenvalue weighted by molar-refractivity contribution is 7.89. The summed E-state index contributed by atoms with van der Waals surface area (Å²) in [5, 5.41) is 12.7. The van der Waals surface area contributed by atoms with Crippen LogP contribution >= 0.6 is 0 Å². The summed E-state index contributed by atoms with van der Waals surface area (Å²) in [6.45, 7) is 6.18. The molecule has 158 valence electrons. The van der Waals surface area contributed by atoms with Gasteiger partial charge in [0.15, 0.2) is 0 Å². The fraction of sp³-hybridized carbons (Fsp3) is 0.381. The van der Waals surface area contributed by atoms with Gasteiger partial charge in [-0.1, -0.05) is 32.0 Å². The van der Waals surface area contributed by atoms with E-state index < -0.39 is 22.0 Å². The zero-order valence-corrected chi connectivity index (χ0v) is 17.8. The lowest BCUT2D eigenvalue weighted by molar-refractivity contribution is 0.0843. The zero-order chi connectivity index (χ0) is 21.4. The van der Waals surface area contributed by atoms with Crippen molar-refractivity contribution in [3.8, 4) is 5.75 Å². The van der Waals surface area contributed by atoms with E-state index >= 15 is 0 Å². The normalized spacial score (nSPS) is 12.6. The molecule has 29 heavy (non-hydrogen) atoms. The van der Waals surface area contributed by atoms with E-state index in [4.69, 9.17) is 4.74 Å². The van der Waals surface area contributed by atoms with E-state index in [2.05, 4.69) is 5.32 Å². The third-order valence-corrected chi connectivity index (χ3v) is 6.42. The number of aryl methyl sites for hydroxylation is 1. The van der Waals surface area contributed by atoms with Crippen molar-refractivity contribution in [1.29, 1.82) is 0 Å². The van der Waals surface area contributed by atoms with Crippen LogP contribution in [-0.2, 0) is 10.0 Å². The average Bonchev–Trinajstić information content (AvgIpc) is 2.71. The maximum absolute atomic E-state index is 12.6. The lowest BCUT2D eigenvalue weighted by atomic mass is 10.2. The molecule has 0 aromatic heterocycles. The first-order valence-electron chi connectivity index (χ1n) is 9.53. The Hall–Kier alpha value is -2.42. The molecule has 1 amide bonds. The fourth-order valence-corrected chi connectivity index (χ4v) is 4.28. The van der Waals surface area contributed by atoms with Crippen molar-refractivity contribution in [2.45, 2.75) is 31.8 Å². The summed E-state index contributed by atoms with van der Waals surface area (Å²) in [6, 6.07) is 13.3. The molecule has 0 bridgehead atoms. The van der Waals surface area contributed by atoms with Gasteiger partial charge in [-0.25, -0.2) is 8.42 Å². The van der Waals surface area contributed by atoms with Crippen LogP contribution in [0.3, 0.4) is 0 Å². The predicted octanol–water partition coefficient (Wildman–Crippen LogP) is 2.20. The van der Waals surface area contributed by atoms with Gasteiger partial charge in [0.2, 0.25) is 10.0 Å². The first-order valence-corrected chi connectivity index (χ1v) is 11.0. The third-order valence-electron chi connectivity index (χ3n) is 4.37. The number of carbonyl (C=O) groups excluding carboxylic acids is 1. The van der Waals surface area contributed by atoms with E-state index in [1.54, 1.807) is 19.9 Å². The number of nitrogens with one attached hydrogen (secondary N) is 1. The summed E-state index contributed by atoms with van der Waals surface area (Å²) in [6.07, 6.45) is -0.901. The largest absolute Gasteiger partial charge is 0.491 e. The van der Waals surface area contributed by atoms with Crippen molar-refractivity contribution in [2.24, 2.45) is 0 Å². The molecule has 8 heteroatoms. The van der Waals surface area contributed by atoms with Crippen LogP contribution in [0.1, 0.15) is 29.8 Å². The number of carbonyl (C=O) groups is 1. The Morgan fingerprint density at radius 2 is 1.83 bits per heavy atom. The van der Waals surface area contributed by atoms with Crippen molar-refractivity contribution in [1.82, 2.24) is 9.62 Å². The Morgan fingerprint density at radius 1 is 1.14 bits per heavy atom. The molecule has 0 saturated heterocycles. The molecule has 0 aliphatic rings. The van der Waals surface area contributed by atoms with E-state index in [0.717, 1.165) is 5.56 Å². The van der Waals surface area contributed by atoms with Gasteiger partial charge in [0, 0.05) is 25.2 Å². The molecule has 2 N–H and O–H groups in total. The molecule has 2 rings (SSSR count). The second-order valence-corrected chi connectivity index (χ2v) is 8.55. The number of hydrogen-bond acceptors (Lipinski definition) is 5. The molecule has 0 spiro atoms. The molecule has 7 nitrogen and oxygen atoms in total. The molecular weight excluding hydrogens is 392 g/mol. The van der Waals surface area contributed by atoms with E-state index in [9.17, 15) is 18.3 Å². The van der Waals surface area contributed by atoms with Crippen molar-refractivity contribution in [2.75, 3.05) is 26.2 Å². The lowest BCUT2D eigenvalue weighted by Crippen LogP contribution is -2.35. The monoisotopic (exact) mass is 420 g/mol. The van der Waals surface area contributed by atoms with Gasteiger partial charge in [-0.3, -0.25) is 4.79 Å². The molecule has 2 aromatic carbocycles. The Labute approximate surface area is 172 Å². The lowest BCUT2D eigenvalue weighted by Gasteiger charge is -2.19. The molecule has 1 atom stereocenters. The van der Waals surface area contributed by atoms with E-state index in [0.29, 0.717) is 18.8 Å². The van der Waals surface area contributed by atoms with Crippen molar-refractivity contribution < 1.29 is 23.1 Å². The minimum absolute atomic E-state index is 0.0162. The van der Waals surface area contributed by atoms with Crippen LogP contribution in [0.2, 0.25) is 0 Å². The summed E-state index contributed by atoms with van der Waals surface area (Å²) in [5.74, 6) is 0.181. The number of hydrogen-bond donors (Lipinski definition) is 2. The number of nitrogens with zero attached hydrogens (tertiary/aromatic N) is 1. The zero-order valence-electron chi connectivity index (χ0n) is 17.0. The Balaban J connectivity index is 1.95. The molecule has 0 radical (unpaired) electrons. The van der Waals surface area contributed by atoms with Gasteiger partial charge < -0.3 is 15.2 Å². The number of aliphatic hydroxyl groups excluding tert-OH is 1. The van der Waals surface area contributed by atoms with Crippen molar-refractivity contribution >= 4 is 15.9 Å². The van der Waals surface area contributed by atoms with Gasteiger partial charge in [-0.15, -0.1) is 0 Å². The molecule has 2 aromatic rings. The molecule has 0 heterocycles. The standard InChI is InChI=1S/C21H28N2O5S/c1-4-23(5-2)29(26,27)20-11-7-9-17(13-20)21(25)22-14-18(24)15-28-19-10-6-8-16(3)12-19/h6-13,18,24H,4-5,14-15H2,1-3H3,(H,22,25)/t18-/m0/s1. The minimum atomic E-state index is -3.65. The van der Waals surface area contributed by atoms with Gasteiger partial charge in [-0.2, -0.15) is 4.31 Å². The van der Waals surface area contributed by atoms with Crippen molar-refractivity contribution in [3.63, 3.8) is 0 Å². The average molecular weight is 421 g/mol. The van der Waals surface area contributed by atoms with Gasteiger partial charge >= 0.3 is 0 Å². The highest BCUT2D eigenvalue weighted by Gasteiger charge is 2.22.